The van der Waals surface area contributed by atoms with Gasteiger partial charge in [0.1, 0.15) is 5.56 Å². The molecule has 0 bridgehead atoms. The van der Waals surface area contributed by atoms with Crippen molar-refractivity contribution in [3.05, 3.63) is 63.2 Å². The standard InChI is InChI=1S/C6H4N2O2.C5H5N/c1-2-4-3-7-6(10)8-5(4)9;1-2-4-6-5-3-1/h1,3H,(H2,7,8,9,10);1-5H. The van der Waals surface area contributed by atoms with E-state index in [1.165, 1.54) is 6.20 Å². The van der Waals surface area contributed by atoms with Crippen molar-refractivity contribution in [2.75, 3.05) is 0 Å². The molecule has 0 radical (unpaired) electrons. The predicted octanol–water partition coefficient (Wildman–Crippen LogP) is 0.126. The molecule has 0 amide bonds. The van der Waals surface area contributed by atoms with E-state index in [4.69, 9.17) is 6.42 Å². The molecule has 0 saturated carbocycles. The van der Waals surface area contributed by atoms with Crippen molar-refractivity contribution in [2.45, 2.75) is 0 Å². The number of nitrogens with zero attached hydrogens (tertiary/aromatic N) is 1. The monoisotopic (exact) mass is 215 g/mol. The first-order valence-corrected chi connectivity index (χ1v) is 4.37. The number of hydrogen-bond donors (Lipinski definition) is 2. The molecule has 5 heteroatoms. The van der Waals surface area contributed by atoms with Crippen LogP contribution in [-0.2, 0) is 0 Å². The zero-order valence-electron chi connectivity index (χ0n) is 8.31. The molecule has 2 heterocycles. The van der Waals surface area contributed by atoms with Gasteiger partial charge in [0.2, 0.25) is 0 Å². The maximum Gasteiger partial charge on any atom is 0.325 e. The summed E-state index contributed by atoms with van der Waals surface area (Å²) in [5.74, 6) is 2.11. The summed E-state index contributed by atoms with van der Waals surface area (Å²) in [7, 11) is 0. The Morgan fingerprint density at radius 2 is 1.88 bits per heavy atom. The second kappa shape index (κ2) is 5.98. The highest BCUT2D eigenvalue weighted by Gasteiger charge is 1.92. The first-order chi connectivity index (χ1) is 7.74. The molecule has 0 aliphatic carbocycles. The third kappa shape index (κ3) is 3.64. The lowest BCUT2D eigenvalue weighted by Crippen LogP contribution is -2.23. The van der Waals surface area contributed by atoms with Crippen LogP contribution in [0.2, 0.25) is 0 Å². The van der Waals surface area contributed by atoms with Crippen molar-refractivity contribution in [2.24, 2.45) is 0 Å². The highest BCUT2D eigenvalue weighted by molar-refractivity contribution is 5.25. The summed E-state index contributed by atoms with van der Waals surface area (Å²) >= 11 is 0. The van der Waals surface area contributed by atoms with Crippen molar-refractivity contribution in [3.63, 3.8) is 0 Å². The molecule has 0 fully saturated rings. The van der Waals surface area contributed by atoms with E-state index >= 15 is 0 Å². The molecule has 0 aliphatic heterocycles. The molecule has 2 aromatic rings. The van der Waals surface area contributed by atoms with Gasteiger partial charge >= 0.3 is 5.69 Å². The fourth-order valence-corrected chi connectivity index (χ4v) is 0.830. The van der Waals surface area contributed by atoms with Gasteiger partial charge in [-0.3, -0.25) is 14.8 Å². The maximum atomic E-state index is 10.7. The molecule has 2 aromatic heterocycles. The zero-order chi connectivity index (χ0) is 11.8. The van der Waals surface area contributed by atoms with Crippen LogP contribution in [0.25, 0.3) is 0 Å². The predicted molar refractivity (Wildman–Crippen MR) is 59.9 cm³/mol. The number of nitrogens with one attached hydrogen (secondary N) is 2. The van der Waals surface area contributed by atoms with E-state index < -0.39 is 11.2 Å². The molecule has 0 saturated heterocycles. The molecule has 80 valence electrons. The highest BCUT2D eigenvalue weighted by atomic mass is 16.2. The van der Waals surface area contributed by atoms with Gasteiger partial charge in [0.25, 0.3) is 5.56 Å². The maximum absolute atomic E-state index is 10.7. The van der Waals surface area contributed by atoms with Crippen LogP contribution >= 0.6 is 0 Å². The van der Waals surface area contributed by atoms with Gasteiger partial charge in [-0.25, -0.2) is 4.79 Å². The number of hydrogen-bond acceptors (Lipinski definition) is 3. The van der Waals surface area contributed by atoms with E-state index in [1.54, 1.807) is 12.4 Å². The SMILES string of the molecule is C#Cc1c[nH]c(=O)[nH]c1=O.c1ccncc1. The fourth-order valence-electron chi connectivity index (χ4n) is 0.830. The summed E-state index contributed by atoms with van der Waals surface area (Å²) in [6, 6.07) is 5.72. The third-order valence-electron chi connectivity index (χ3n) is 1.54. The summed E-state index contributed by atoms with van der Waals surface area (Å²) in [5.41, 5.74) is -0.963. The van der Waals surface area contributed by atoms with Crippen LogP contribution in [0.5, 0.6) is 0 Å². The van der Waals surface area contributed by atoms with Crippen LogP contribution in [0.1, 0.15) is 5.56 Å². The Balaban J connectivity index is 0.000000181. The smallest absolute Gasteiger partial charge is 0.313 e. The van der Waals surface area contributed by atoms with Gasteiger partial charge in [0, 0.05) is 18.6 Å². The summed E-state index contributed by atoms with van der Waals surface area (Å²) in [4.78, 5) is 29.0. The fraction of sp³-hybridized carbons (Fsp3) is 0. The molecule has 0 atom stereocenters. The lowest BCUT2D eigenvalue weighted by atomic mass is 10.4. The van der Waals surface area contributed by atoms with Gasteiger partial charge in [-0.1, -0.05) is 12.0 Å². The molecule has 0 aromatic carbocycles. The van der Waals surface area contributed by atoms with Crippen LogP contribution in [0, 0.1) is 12.3 Å². The van der Waals surface area contributed by atoms with E-state index in [9.17, 15) is 9.59 Å². The Labute approximate surface area is 91.2 Å². The topological polar surface area (TPSA) is 78.6 Å². The minimum atomic E-state index is -0.552. The zero-order valence-corrected chi connectivity index (χ0v) is 8.31. The van der Waals surface area contributed by atoms with Crippen molar-refractivity contribution < 1.29 is 0 Å². The normalized spacial score (nSPS) is 8.44. The molecule has 0 spiro atoms. The molecule has 0 aliphatic rings. The summed E-state index contributed by atoms with van der Waals surface area (Å²) < 4.78 is 0. The highest BCUT2D eigenvalue weighted by Crippen LogP contribution is 1.75. The van der Waals surface area contributed by atoms with E-state index in [0.717, 1.165) is 0 Å². The summed E-state index contributed by atoms with van der Waals surface area (Å²) in [5, 5.41) is 0. The van der Waals surface area contributed by atoms with Gasteiger partial charge in [0.15, 0.2) is 0 Å². The summed E-state index contributed by atoms with van der Waals surface area (Å²) in [6.45, 7) is 0. The van der Waals surface area contributed by atoms with Crippen molar-refractivity contribution in [1.29, 1.82) is 0 Å². The van der Waals surface area contributed by atoms with E-state index in [0.29, 0.717) is 0 Å². The van der Waals surface area contributed by atoms with E-state index in [2.05, 4.69) is 15.9 Å². The third-order valence-corrected chi connectivity index (χ3v) is 1.54. The van der Waals surface area contributed by atoms with E-state index in [-0.39, 0.29) is 5.56 Å². The number of pyridine rings is 1. The first kappa shape index (κ1) is 11.5. The number of rotatable bonds is 0. The Morgan fingerprint density at radius 1 is 1.19 bits per heavy atom. The molecular weight excluding hydrogens is 206 g/mol. The van der Waals surface area contributed by atoms with Crippen LogP contribution in [0.3, 0.4) is 0 Å². The Bertz CT molecular complexity index is 552. The number of aromatic amines is 2. The second-order valence-corrected chi connectivity index (χ2v) is 2.65. The van der Waals surface area contributed by atoms with E-state index in [1.807, 2.05) is 23.2 Å². The minimum absolute atomic E-state index is 0.125. The molecular formula is C11H9N3O2. The first-order valence-electron chi connectivity index (χ1n) is 4.37. The van der Waals surface area contributed by atoms with Crippen molar-refractivity contribution in [1.82, 2.24) is 15.0 Å². The quantitative estimate of drug-likeness (QED) is 0.613. The molecule has 16 heavy (non-hydrogen) atoms. The minimum Gasteiger partial charge on any atom is -0.313 e. The lowest BCUT2D eigenvalue weighted by molar-refractivity contribution is 1.03. The van der Waals surface area contributed by atoms with Gasteiger partial charge in [-0.15, -0.1) is 6.42 Å². The number of aromatic nitrogens is 3. The molecule has 2 rings (SSSR count). The Hall–Kier alpha value is -2.61. The molecule has 2 N–H and O–H groups in total. The largest absolute Gasteiger partial charge is 0.325 e. The molecule has 0 unspecified atom stereocenters. The Morgan fingerprint density at radius 3 is 2.25 bits per heavy atom. The van der Waals surface area contributed by atoms with Gasteiger partial charge in [-0.2, -0.15) is 0 Å². The van der Waals surface area contributed by atoms with Crippen molar-refractivity contribution in [3.8, 4) is 12.3 Å². The number of H-pyrrole nitrogens is 2. The second-order valence-electron chi connectivity index (χ2n) is 2.65. The average molecular weight is 215 g/mol. The average Bonchev–Trinajstić information content (AvgIpc) is 2.32. The van der Waals surface area contributed by atoms with Crippen LogP contribution in [0.15, 0.2) is 46.4 Å². The summed E-state index contributed by atoms with van der Waals surface area (Å²) in [6.07, 6.45) is 9.60. The lowest BCUT2D eigenvalue weighted by Gasteiger charge is -1.84. The van der Waals surface area contributed by atoms with Crippen LogP contribution < -0.4 is 11.2 Å². The van der Waals surface area contributed by atoms with Crippen molar-refractivity contribution >= 4 is 0 Å². The Kier molecular flexibility index (Phi) is 4.29. The number of terminal acetylenes is 1. The van der Waals surface area contributed by atoms with Crippen LogP contribution in [0.4, 0.5) is 0 Å². The molecule has 5 nitrogen and oxygen atoms in total. The van der Waals surface area contributed by atoms with Gasteiger partial charge in [-0.05, 0) is 12.1 Å². The van der Waals surface area contributed by atoms with Gasteiger partial charge < -0.3 is 4.98 Å². The van der Waals surface area contributed by atoms with Gasteiger partial charge in [0.05, 0.1) is 0 Å². The van der Waals surface area contributed by atoms with Crippen LogP contribution in [-0.4, -0.2) is 15.0 Å².